The minimum Gasteiger partial charge on any atom is -0.0988 e. The second kappa shape index (κ2) is 7.50. The maximum Gasteiger partial charge on any atom is -0.0136 e. The van der Waals surface area contributed by atoms with E-state index in [0.29, 0.717) is 5.92 Å². The van der Waals surface area contributed by atoms with Crippen molar-refractivity contribution in [1.82, 2.24) is 0 Å². The van der Waals surface area contributed by atoms with Gasteiger partial charge in [-0.3, -0.25) is 0 Å². The lowest BCUT2D eigenvalue weighted by Crippen LogP contribution is -2.16. The van der Waals surface area contributed by atoms with Crippen molar-refractivity contribution >= 4 is 0 Å². The van der Waals surface area contributed by atoms with Crippen molar-refractivity contribution in [3.8, 4) is 0 Å². The Labute approximate surface area is 95.8 Å². The second-order valence-corrected chi connectivity index (χ2v) is 4.13. The molecule has 0 radical (unpaired) electrons. The summed E-state index contributed by atoms with van der Waals surface area (Å²) in [4.78, 5) is 0. The Morgan fingerprint density at radius 2 is 1.80 bits per heavy atom. The highest BCUT2D eigenvalue weighted by molar-refractivity contribution is 5.35. The fourth-order valence-electron chi connectivity index (χ4n) is 2.25. The molecule has 1 atom stereocenters. The van der Waals surface area contributed by atoms with Crippen LogP contribution in [0.2, 0.25) is 0 Å². The maximum absolute atomic E-state index is 3.91. The molecule has 1 aliphatic carbocycles. The average Bonchev–Trinajstić information content (AvgIpc) is 2.30. The van der Waals surface area contributed by atoms with Crippen molar-refractivity contribution in [3.63, 3.8) is 0 Å². The predicted octanol–water partition coefficient (Wildman–Crippen LogP) is 5.14. The molecule has 0 aromatic heterocycles. The first kappa shape index (κ1) is 14.2. The fraction of sp³-hybridized carbons (Fsp3) is 0.600. The lowest BCUT2D eigenvalue weighted by Gasteiger charge is -2.28. The van der Waals surface area contributed by atoms with E-state index in [0.717, 1.165) is 5.92 Å². The Balaban J connectivity index is 0.000000921. The third-order valence-corrected chi connectivity index (χ3v) is 3.00. The predicted molar refractivity (Wildman–Crippen MR) is 70.9 cm³/mol. The molecule has 0 aromatic rings. The van der Waals surface area contributed by atoms with E-state index in [1.807, 2.05) is 26.0 Å². The van der Waals surface area contributed by atoms with E-state index in [1.54, 1.807) is 0 Å². The molecule has 0 amide bonds. The summed E-state index contributed by atoms with van der Waals surface area (Å²) in [6.45, 7) is 16.4. The molecule has 0 saturated carbocycles. The van der Waals surface area contributed by atoms with Gasteiger partial charge in [0.2, 0.25) is 0 Å². The smallest absolute Gasteiger partial charge is 0.0136 e. The summed E-state index contributed by atoms with van der Waals surface area (Å²) in [5.74, 6) is 1.43. The highest BCUT2D eigenvalue weighted by Crippen LogP contribution is 2.35. The van der Waals surface area contributed by atoms with Gasteiger partial charge in [-0.15, -0.1) is 0 Å². The highest BCUT2D eigenvalue weighted by atomic mass is 14.3. The number of rotatable bonds is 3. The molecule has 0 saturated heterocycles. The first-order valence-electron chi connectivity index (χ1n) is 6.18. The van der Waals surface area contributed by atoms with Gasteiger partial charge in [-0.25, -0.2) is 0 Å². The molecule has 0 heterocycles. The molecule has 0 heteroatoms. The first-order valence-corrected chi connectivity index (χ1v) is 6.18. The summed E-state index contributed by atoms with van der Waals surface area (Å²) in [6.07, 6.45) is 7.85. The van der Waals surface area contributed by atoms with Gasteiger partial charge in [-0.05, 0) is 42.2 Å². The van der Waals surface area contributed by atoms with E-state index in [-0.39, 0.29) is 0 Å². The summed E-state index contributed by atoms with van der Waals surface area (Å²) in [7, 11) is 0. The van der Waals surface area contributed by atoms with Crippen LogP contribution in [0.4, 0.5) is 0 Å². The van der Waals surface area contributed by atoms with E-state index in [4.69, 9.17) is 0 Å². The van der Waals surface area contributed by atoms with Crippen LogP contribution < -0.4 is 0 Å². The van der Waals surface area contributed by atoms with Crippen molar-refractivity contribution in [2.24, 2.45) is 11.8 Å². The Bertz CT molecular complexity index is 230. The van der Waals surface area contributed by atoms with E-state index < -0.39 is 0 Å². The molecule has 0 aromatic carbocycles. The third-order valence-electron chi connectivity index (χ3n) is 3.00. The van der Waals surface area contributed by atoms with Gasteiger partial charge in [0.1, 0.15) is 0 Å². The second-order valence-electron chi connectivity index (χ2n) is 4.13. The molecule has 1 aliphatic rings. The Kier molecular flexibility index (Phi) is 7.11. The number of hydrogen-bond acceptors (Lipinski definition) is 0. The summed E-state index contributed by atoms with van der Waals surface area (Å²) in [5.41, 5.74) is 2.86. The zero-order chi connectivity index (χ0) is 11.8. The lowest BCUT2D eigenvalue weighted by molar-refractivity contribution is 0.392. The molecular formula is C15H26. The molecule has 0 spiro atoms. The van der Waals surface area contributed by atoms with E-state index in [9.17, 15) is 0 Å². The van der Waals surface area contributed by atoms with Crippen LogP contribution >= 0.6 is 0 Å². The normalized spacial score (nSPS) is 20.7. The minimum absolute atomic E-state index is 0.708. The van der Waals surface area contributed by atoms with Crippen molar-refractivity contribution in [3.05, 3.63) is 36.5 Å². The third kappa shape index (κ3) is 3.70. The van der Waals surface area contributed by atoms with Crippen molar-refractivity contribution in [2.75, 3.05) is 0 Å². The summed E-state index contributed by atoms with van der Waals surface area (Å²) < 4.78 is 0. The molecule has 0 N–H and O–H groups in total. The van der Waals surface area contributed by atoms with Crippen LogP contribution in [0.25, 0.3) is 0 Å². The zero-order valence-electron chi connectivity index (χ0n) is 10.8. The lowest BCUT2D eigenvalue weighted by atomic mass is 9.77. The summed E-state index contributed by atoms with van der Waals surface area (Å²) in [5, 5.41) is 0. The van der Waals surface area contributed by atoms with Gasteiger partial charge in [0.15, 0.2) is 0 Å². The van der Waals surface area contributed by atoms with Crippen LogP contribution in [0.3, 0.4) is 0 Å². The zero-order valence-corrected chi connectivity index (χ0v) is 10.8. The Hall–Kier alpha value is -0.780. The van der Waals surface area contributed by atoms with Gasteiger partial charge >= 0.3 is 0 Å². The molecule has 86 valence electrons. The molecule has 1 unspecified atom stereocenters. The standard InChI is InChI=1S/C13H20.C2H6/c1-5-11-8-7-9-13(10(3)4)12(11)6-2;1-2/h5-6,10,13H,1-2,7-9H2,3-4H3;1-2H3. The summed E-state index contributed by atoms with van der Waals surface area (Å²) >= 11 is 0. The maximum atomic E-state index is 3.91. The molecule has 0 aliphatic heterocycles. The van der Waals surface area contributed by atoms with E-state index in [2.05, 4.69) is 27.0 Å². The van der Waals surface area contributed by atoms with Crippen LogP contribution in [0.5, 0.6) is 0 Å². The minimum atomic E-state index is 0.708. The van der Waals surface area contributed by atoms with E-state index in [1.165, 1.54) is 30.4 Å². The van der Waals surface area contributed by atoms with Crippen molar-refractivity contribution < 1.29 is 0 Å². The molecule has 0 nitrogen and oxygen atoms in total. The number of allylic oxidation sites excluding steroid dienone is 4. The monoisotopic (exact) mass is 206 g/mol. The van der Waals surface area contributed by atoms with Gasteiger partial charge in [-0.2, -0.15) is 0 Å². The molecule has 15 heavy (non-hydrogen) atoms. The fourth-order valence-corrected chi connectivity index (χ4v) is 2.25. The van der Waals surface area contributed by atoms with Crippen LogP contribution in [-0.2, 0) is 0 Å². The van der Waals surface area contributed by atoms with Crippen molar-refractivity contribution in [2.45, 2.75) is 47.0 Å². The van der Waals surface area contributed by atoms with Crippen molar-refractivity contribution in [1.29, 1.82) is 0 Å². The topological polar surface area (TPSA) is 0 Å². The SMILES string of the molecule is C=CC1=C(C=C)C(C(C)C)CCC1.CC. The van der Waals surface area contributed by atoms with Gasteiger partial charge in [0.25, 0.3) is 0 Å². The average molecular weight is 206 g/mol. The molecule has 0 bridgehead atoms. The molecular weight excluding hydrogens is 180 g/mol. The van der Waals surface area contributed by atoms with Crippen LogP contribution in [0, 0.1) is 11.8 Å². The van der Waals surface area contributed by atoms with Crippen LogP contribution in [0.15, 0.2) is 36.5 Å². The van der Waals surface area contributed by atoms with Crippen LogP contribution in [0.1, 0.15) is 47.0 Å². The largest absolute Gasteiger partial charge is 0.0988 e. The van der Waals surface area contributed by atoms with Gasteiger partial charge in [0.05, 0.1) is 0 Å². The molecule has 0 fully saturated rings. The highest BCUT2D eigenvalue weighted by Gasteiger charge is 2.21. The van der Waals surface area contributed by atoms with Gasteiger partial charge < -0.3 is 0 Å². The van der Waals surface area contributed by atoms with Gasteiger partial charge in [0, 0.05) is 0 Å². The first-order chi connectivity index (χ1) is 7.20. The Morgan fingerprint density at radius 1 is 1.20 bits per heavy atom. The van der Waals surface area contributed by atoms with Crippen LogP contribution in [-0.4, -0.2) is 0 Å². The summed E-state index contributed by atoms with van der Waals surface area (Å²) in [6, 6.07) is 0. The quantitative estimate of drug-likeness (QED) is 0.600. The Morgan fingerprint density at radius 3 is 2.20 bits per heavy atom. The molecule has 1 rings (SSSR count). The van der Waals surface area contributed by atoms with Gasteiger partial charge in [-0.1, -0.05) is 53.0 Å². The number of hydrogen-bond donors (Lipinski definition) is 0. The van der Waals surface area contributed by atoms with E-state index >= 15 is 0 Å².